The van der Waals surface area contributed by atoms with Gasteiger partial charge in [-0.05, 0) is 104 Å². The van der Waals surface area contributed by atoms with Crippen molar-refractivity contribution in [3.8, 4) is 0 Å². The van der Waals surface area contributed by atoms with Crippen molar-refractivity contribution < 1.29 is 0 Å². The summed E-state index contributed by atoms with van der Waals surface area (Å²) >= 11 is 0. The first-order valence-corrected chi connectivity index (χ1v) is 14.0. The van der Waals surface area contributed by atoms with Crippen LogP contribution in [0.5, 0.6) is 0 Å². The molecule has 0 aromatic rings. The summed E-state index contributed by atoms with van der Waals surface area (Å²) < 4.78 is 0. The number of allylic oxidation sites excluding steroid dienone is 2. The van der Waals surface area contributed by atoms with Crippen LogP contribution >= 0.6 is 0 Å². The lowest BCUT2D eigenvalue weighted by Crippen LogP contribution is -2.50. The Labute approximate surface area is 189 Å². The smallest absolute Gasteiger partial charge is 0.00851 e. The number of hydrogen-bond donors (Lipinski definition) is 0. The zero-order valence-corrected chi connectivity index (χ0v) is 21.3. The highest BCUT2D eigenvalue weighted by molar-refractivity contribution is 5.25. The quantitative estimate of drug-likeness (QED) is 0.365. The first-order chi connectivity index (χ1) is 14.3. The van der Waals surface area contributed by atoms with Gasteiger partial charge in [-0.3, -0.25) is 0 Å². The second kappa shape index (κ2) is 8.94. The van der Waals surface area contributed by atoms with Gasteiger partial charge in [0.05, 0.1) is 0 Å². The lowest BCUT2D eigenvalue weighted by atomic mass is 9.46. The number of rotatable bonds is 7. The van der Waals surface area contributed by atoms with Crippen LogP contribution in [0, 0.1) is 52.3 Å². The van der Waals surface area contributed by atoms with Gasteiger partial charge in [-0.2, -0.15) is 0 Å². The van der Waals surface area contributed by atoms with Crippen LogP contribution in [0.15, 0.2) is 11.6 Å². The van der Waals surface area contributed by atoms with E-state index in [-0.39, 0.29) is 0 Å². The SMILES string of the molecule is CCC[C@H]1CCC2(C)C(=CC[C@@H]3C2CCC2(C)C([C@H](C)CCCC(C)C)CC[C@@H]32)C1. The average Bonchev–Trinajstić information content (AvgIpc) is 3.05. The predicted molar refractivity (Wildman–Crippen MR) is 131 cm³/mol. The minimum atomic E-state index is 0.551. The van der Waals surface area contributed by atoms with Crippen molar-refractivity contribution in [2.24, 2.45) is 52.3 Å². The van der Waals surface area contributed by atoms with Gasteiger partial charge >= 0.3 is 0 Å². The van der Waals surface area contributed by atoms with Gasteiger partial charge in [0, 0.05) is 0 Å². The van der Waals surface area contributed by atoms with E-state index >= 15 is 0 Å². The molecule has 0 amide bonds. The molecule has 3 saturated carbocycles. The van der Waals surface area contributed by atoms with Crippen LogP contribution in [0.2, 0.25) is 0 Å². The molecule has 30 heavy (non-hydrogen) atoms. The lowest BCUT2D eigenvalue weighted by molar-refractivity contribution is -0.0529. The third kappa shape index (κ3) is 3.96. The fraction of sp³-hybridized carbons (Fsp3) is 0.933. The topological polar surface area (TPSA) is 0 Å². The molecule has 172 valence electrons. The molecular weight excluding hydrogens is 360 g/mol. The van der Waals surface area contributed by atoms with Crippen LogP contribution in [0.4, 0.5) is 0 Å². The summed E-state index contributed by atoms with van der Waals surface area (Å²) in [5, 5.41) is 0. The van der Waals surface area contributed by atoms with Crippen LogP contribution < -0.4 is 0 Å². The third-order valence-electron chi connectivity index (χ3n) is 11.1. The fourth-order valence-electron chi connectivity index (χ4n) is 9.42. The van der Waals surface area contributed by atoms with Gasteiger partial charge in [-0.1, -0.05) is 85.3 Å². The molecule has 0 aliphatic heterocycles. The normalized spacial score (nSPS) is 44.2. The zero-order valence-electron chi connectivity index (χ0n) is 21.3. The van der Waals surface area contributed by atoms with Gasteiger partial charge in [0.2, 0.25) is 0 Å². The lowest BCUT2D eigenvalue weighted by Gasteiger charge is -2.58. The van der Waals surface area contributed by atoms with Crippen molar-refractivity contribution in [3.63, 3.8) is 0 Å². The Balaban J connectivity index is 1.47. The van der Waals surface area contributed by atoms with Gasteiger partial charge < -0.3 is 0 Å². The van der Waals surface area contributed by atoms with Gasteiger partial charge in [0.1, 0.15) is 0 Å². The molecule has 0 aromatic heterocycles. The molecule has 0 aromatic carbocycles. The molecule has 0 heterocycles. The molecule has 0 heteroatoms. The van der Waals surface area contributed by atoms with E-state index in [1.165, 1.54) is 83.5 Å². The summed E-state index contributed by atoms with van der Waals surface area (Å²) in [6, 6.07) is 0. The molecule has 0 nitrogen and oxygen atoms in total. The maximum atomic E-state index is 2.79. The molecule has 0 N–H and O–H groups in total. The Kier molecular flexibility index (Phi) is 6.83. The van der Waals surface area contributed by atoms with Crippen molar-refractivity contribution in [1.29, 1.82) is 0 Å². The summed E-state index contributed by atoms with van der Waals surface area (Å²) in [6.07, 6.45) is 21.9. The molecular formula is C30H52. The molecule has 3 fully saturated rings. The molecule has 0 spiro atoms. The molecule has 0 saturated heterocycles. The van der Waals surface area contributed by atoms with E-state index in [0.717, 1.165) is 41.4 Å². The molecule has 4 unspecified atom stereocenters. The second-order valence-corrected chi connectivity index (χ2v) is 13.2. The maximum absolute atomic E-state index is 2.79. The summed E-state index contributed by atoms with van der Waals surface area (Å²) in [7, 11) is 0. The van der Waals surface area contributed by atoms with Crippen LogP contribution in [-0.4, -0.2) is 0 Å². The zero-order chi connectivity index (χ0) is 21.5. The molecule has 4 aliphatic carbocycles. The van der Waals surface area contributed by atoms with Gasteiger partial charge in [-0.25, -0.2) is 0 Å². The van der Waals surface area contributed by atoms with E-state index < -0.39 is 0 Å². The highest BCUT2D eigenvalue weighted by Gasteiger charge is 2.59. The number of hydrogen-bond acceptors (Lipinski definition) is 0. The average molecular weight is 413 g/mol. The first-order valence-electron chi connectivity index (χ1n) is 14.0. The molecule has 0 radical (unpaired) electrons. The van der Waals surface area contributed by atoms with E-state index in [2.05, 4.69) is 47.6 Å². The predicted octanol–water partition coefficient (Wildman–Crippen LogP) is 9.44. The molecule has 8 atom stereocenters. The minimum absolute atomic E-state index is 0.551. The van der Waals surface area contributed by atoms with E-state index in [1.807, 2.05) is 5.57 Å². The first kappa shape index (κ1) is 22.9. The largest absolute Gasteiger partial charge is 0.0845 e. The Bertz CT molecular complexity index is 614. The summed E-state index contributed by atoms with van der Waals surface area (Å²) in [5.41, 5.74) is 3.09. The summed E-state index contributed by atoms with van der Waals surface area (Å²) in [5.74, 6) is 6.79. The third-order valence-corrected chi connectivity index (χ3v) is 11.1. The standard InChI is InChI=1S/C30H52/c1-7-9-23-16-18-29(5)24(20-23)12-13-25-27-15-14-26(22(4)11-8-10-21(2)3)30(27,6)19-17-28(25)29/h12,21-23,25-28H,7-11,13-20H2,1-6H3/t22-,23+,25+,26?,27+,28?,29?,30?/m1/s1. The van der Waals surface area contributed by atoms with Crippen molar-refractivity contribution in [3.05, 3.63) is 11.6 Å². The van der Waals surface area contributed by atoms with Crippen LogP contribution in [0.3, 0.4) is 0 Å². The van der Waals surface area contributed by atoms with E-state index in [4.69, 9.17) is 0 Å². The monoisotopic (exact) mass is 412 g/mol. The van der Waals surface area contributed by atoms with Gasteiger partial charge in [0.25, 0.3) is 0 Å². The van der Waals surface area contributed by atoms with Gasteiger partial charge in [-0.15, -0.1) is 0 Å². The Morgan fingerprint density at radius 3 is 2.50 bits per heavy atom. The van der Waals surface area contributed by atoms with Crippen molar-refractivity contribution >= 4 is 0 Å². The van der Waals surface area contributed by atoms with Crippen LogP contribution in [0.25, 0.3) is 0 Å². The Morgan fingerprint density at radius 1 is 0.967 bits per heavy atom. The van der Waals surface area contributed by atoms with Gasteiger partial charge in [0.15, 0.2) is 0 Å². The Morgan fingerprint density at radius 2 is 1.77 bits per heavy atom. The molecule has 4 rings (SSSR count). The van der Waals surface area contributed by atoms with Crippen molar-refractivity contribution in [2.75, 3.05) is 0 Å². The molecule has 0 bridgehead atoms. The van der Waals surface area contributed by atoms with Crippen molar-refractivity contribution in [2.45, 2.75) is 125 Å². The summed E-state index contributed by atoms with van der Waals surface area (Å²) in [4.78, 5) is 0. The van der Waals surface area contributed by atoms with E-state index in [9.17, 15) is 0 Å². The minimum Gasteiger partial charge on any atom is -0.0845 e. The highest BCUT2D eigenvalue weighted by atomic mass is 14.6. The summed E-state index contributed by atoms with van der Waals surface area (Å²) in [6.45, 7) is 15.2. The molecule has 4 aliphatic rings. The van der Waals surface area contributed by atoms with E-state index in [1.54, 1.807) is 0 Å². The maximum Gasteiger partial charge on any atom is -0.00851 e. The van der Waals surface area contributed by atoms with Crippen LogP contribution in [0.1, 0.15) is 125 Å². The Hall–Kier alpha value is -0.260. The van der Waals surface area contributed by atoms with Crippen molar-refractivity contribution in [1.82, 2.24) is 0 Å². The second-order valence-electron chi connectivity index (χ2n) is 13.2. The van der Waals surface area contributed by atoms with E-state index in [0.29, 0.717) is 10.8 Å². The highest BCUT2D eigenvalue weighted by Crippen LogP contribution is 2.67. The fourth-order valence-corrected chi connectivity index (χ4v) is 9.42. The van der Waals surface area contributed by atoms with Crippen LogP contribution in [-0.2, 0) is 0 Å². The number of fused-ring (bicyclic) bond motifs is 5.